The van der Waals surface area contributed by atoms with Crippen LogP contribution in [0.2, 0.25) is 0 Å². The fourth-order valence-electron chi connectivity index (χ4n) is 3.69. The number of hydrogen-bond acceptors (Lipinski definition) is 7. The summed E-state index contributed by atoms with van der Waals surface area (Å²) < 4.78 is 12.8. The van der Waals surface area contributed by atoms with Crippen molar-refractivity contribution in [1.82, 2.24) is 24.6 Å². The van der Waals surface area contributed by atoms with E-state index < -0.39 is 0 Å². The Bertz CT molecular complexity index is 1130. The maximum absolute atomic E-state index is 12.9. The van der Waals surface area contributed by atoms with Gasteiger partial charge in [0.15, 0.2) is 11.4 Å². The van der Waals surface area contributed by atoms with Crippen LogP contribution in [0.3, 0.4) is 0 Å². The minimum Gasteiger partial charge on any atom is -0.493 e. The van der Waals surface area contributed by atoms with Gasteiger partial charge in [0.2, 0.25) is 0 Å². The van der Waals surface area contributed by atoms with E-state index in [-0.39, 0.29) is 11.3 Å². The summed E-state index contributed by atoms with van der Waals surface area (Å²) in [6.45, 7) is 8.12. The number of aromatic amines is 1. The molecule has 4 rings (SSSR count). The quantitative estimate of drug-likeness (QED) is 0.552. The summed E-state index contributed by atoms with van der Waals surface area (Å²) in [5.41, 5.74) is 1.38. The van der Waals surface area contributed by atoms with E-state index in [1.54, 1.807) is 22.9 Å². The molecule has 164 valence electrons. The second kappa shape index (κ2) is 9.40. The molecule has 0 aliphatic carbocycles. The van der Waals surface area contributed by atoms with E-state index in [4.69, 9.17) is 9.47 Å². The van der Waals surface area contributed by atoms with Crippen molar-refractivity contribution in [3.05, 3.63) is 40.3 Å². The van der Waals surface area contributed by atoms with Crippen molar-refractivity contribution in [3.8, 4) is 17.1 Å². The molecule has 9 nitrogen and oxygen atoms in total. The molecule has 2 aromatic heterocycles. The van der Waals surface area contributed by atoms with Gasteiger partial charge in [-0.25, -0.2) is 9.67 Å². The molecule has 1 aliphatic heterocycles. The third-order valence-corrected chi connectivity index (χ3v) is 5.27. The fourth-order valence-corrected chi connectivity index (χ4v) is 3.69. The monoisotopic (exact) mass is 425 g/mol. The molecule has 0 amide bonds. The number of H-pyrrole nitrogens is 1. The second-order valence-corrected chi connectivity index (χ2v) is 7.48. The minimum absolute atomic E-state index is 0.00523. The van der Waals surface area contributed by atoms with Crippen LogP contribution in [-0.2, 0) is 11.3 Å². The van der Waals surface area contributed by atoms with Crippen LogP contribution in [-0.4, -0.2) is 69.9 Å². The Morgan fingerprint density at radius 3 is 2.81 bits per heavy atom. The Hall–Kier alpha value is -3.04. The lowest BCUT2D eigenvalue weighted by Gasteiger charge is -2.25. The standard InChI is InChI=1S/C22H27N5O4/c1-3-7-27-21-17(13-23-27)22(29)25-20(24-21)16-12-15(5-6-19(16)31-4-2)18(28)14-26-8-10-30-11-9-26/h5-6,12-13H,3-4,7-11,14H2,1-2H3,(H,24,25,29). The van der Waals surface area contributed by atoms with Crippen molar-refractivity contribution in [2.45, 2.75) is 26.8 Å². The highest BCUT2D eigenvalue weighted by atomic mass is 16.5. The molecule has 0 atom stereocenters. The van der Waals surface area contributed by atoms with Crippen LogP contribution in [0.15, 0.2) is 29.2 Å². The largest absolute Gasteiger partial charge is 0.493 e. The summed E-state index contributed by atoms with van der Waals surface area (Å²) in [4.78, 5) is 35.2. The highest BCUT2D eigenvalue weighted by Crippen LogP contribution is 2.29. The average Bonchev–Trinajstić information content (AvgIpc) is 3.18. The summed E-state index contributed by atoms with van der Waals surface area (Å²) >= 11 is 0. The van der Waals surface area contributed by atoms with Crippen molar-refractivity contribution >= 4 is 16.8 Å². The van der Waals surface area contributed by atoms with E-state index in [1.165, 1.54) is 6.20 Å². The van der Waals surface area contributed by atoms with Gasteiger partial charge < -0.3 is 14.5 Å². The van der Waals surface area contributed by atoms with Crippen LogP contribution in [0.5, 0.6) is 5.75 Å². The molecular formula is C22H27N5O4. The van der Waals surface area contributed by atoms with E-state index in [0.717, 1.165) is 19.5 Å². The van der Waals surface area contributed by atoms with Crippen molar-refractivity contribution in [1.29, 1.82) is 0 Å². The van der Waals surface area contributed by atoms with Crippen LogP contribution in [0.1, 0.15) is 30.6 Å². The number of rotatable bonds is 8. The number of nitrogens with zero attached hydrogens (tertiary/aromatic N) is 4. The molecule has 0 unspecified atom stereocenters. The number of benzene rings is 1. The molecule has 0 spiro atoms. The molecule has 31 heavy (non-hydrogen) atoms. The zero-order valence-electron chi connectivity index (χ0n) is 17.9. The Kier molecular flexibility index (Phi) is 6.43. The lowest BCUT2D eigenvalue weighted by molar-refractivity contribution is 0.0371. The van der Waals surface area contributed by atoms with Crippen LogP contribution in [0, 0.1) is 0 Å². The normalized spacial score (nSPS) is 14.8. The summed E-state index contributed by atoms with van der Waals surface area (Å²) in [5, 5.41) is 4.72. The summed E-state index contributed by atoms with van der Waals surface area (Å²) in [5.74, 6) is 0.931. The molecular weight excluding hydrogens is 398 g/mol. The third kappa shape index (κ3) is 4.52. The van der Waals surface area contributed by atoms with E-state index >= 15 is 0 Å². The number of Topliss-reactive ketones (excluding diaryl/α,β-unsaturated/α-hetero) is 1. The molecule has 0 radical (unpaired) electrons. The van der Waals surface area contributed by atoms with Crippen LogP contribution in [0.4, 0.5) is 0 Å². The number of hydrogen-bond donors (Lipinski definition) is 1. The van der Waals surface area contributed by atoms with Gasteiger partial charge in [-0.3, -0.25) is 14.5 Å². The van der Waals surface area contributed by atoms with Gasteiger partial charge in [-0.1, -0.05) is 6.92 Å². The number of aromatic nitrogens is 4. The van der Waals surface area contributed by atoms with Crippen molar-refractivity contribution in [3.63, 3.8) is 0 Å². The van der Waals surface area contributed by atoms with Crippen molar-refractivity contribution in [2.24, 2.45) is 0 Å². The Balaban J connectivity index is 1.73. The fraction of sp³-hybridized carbons (Fsp3) is 0.455. The van der Waals surface area contributed by atoms with E-state index in [9.17, 15) is 9.59 Å². The number of aryl methyl sites for hydroxylation is 1. The molecule has 0 saturated carbocycles. The lowest BCUT2D eigenvalue weighted by atomic mass is 10.0. The first-order valence-electron chi connectivity index (χ1n) is 10.7. The average molecular weight is 425 g/mol. The Morgan fingerprint density at radius 1 is 1.26 bits per heavy atom. The smallest absolute Gasteiger partial charge is 0.262 e. The lowest BCUT2D eigenvalue weighted by Crippen LogP contribution is -2.39. The first kappa shape index (κ1) is 21.2. The first-order chi connectivity index (χ1) is 15.1. The Labute approximate surface area is 180 Å². The number of morpholine rings is 1. The SMILES string of the molecule is CCCn1ncc2c(=O)[nH]c(-c3cc(C(=O)CN4CCOCC4)ccc3OCC)nc21. The zero-order chi connectivity index (χ0) is 21.8. The topological polar surface area (TPSA) is 102 Å². The Morgan fingerprint density at radius 2 is 2.06 bits per heavy atom. The van der Waals surface area contributed by atoms with Crippen molar-refractivity contribution < 1.29 is 14.3 Å². The van der Waals surface area contributed by atoms with E-state index in [2.05, 4.69) is 20.0 Å². The van der Waals surface area contributed by atoms with Gasteiger partial charge in [0.1, 0.15) is 17.0 Å². The maximum Gasteiger partial charge on any atom is 0.262 e. The highest BCUT2D eigenvalue weighted by molar-refractivity contribution is 5.99. The van der Waals surface area contributed by atoms with Gasteiger partial charge in [-0.15, -0.1) is 0 Å². The van der Waals surface area contributed by atoms with Gasteiger partial charge in [-0.2, -0.15) is 5.10 Å². The number of fused-ring (bicyclic) bond motifs is 1. The molecule has 1 saturated heterocycles. The number of ketones is 1. The number of carbonyl (C=O) groups is 1. The van der Waals surface area contributed by atoms with Gasteiger partial charge in [-0.05, 0) is 31.5 Å². The molecule has 1 aromatic carbocycles. The van der Waals surface area contributed by atoms with Crippen molar-refractivity contribution in [2.75, 3.05) is 39.5 Å². The minimum atomic E-state index is -0.269. The van der Waals surface area contributed by atoms with Gasteiger partial charge >= 0.3 is 0 Å². The summed E-state index contributed by atoms with van der Waals surface area (Å²) in [6.07, 6.45) is 2.41. The first-order valence-corrected chi connectivity index (χ1v) is 10.7. The molecule has 1 aliphatic rings. The predicted molar refractivity (Wildman–Crippen MR) is 117 cm³/mol. The molecule has 0 bridgehead atoms. The van der Waals surface area contributed by atoms with Crippen LogP contribution < -0.4 is 10.3 Å². The zero-order valence-corrected chi connectivity index (χ0v) is 17.9. The summed E-state index contributed by atoms with van der Waals surface area (Å²) in [7, 11) is 0. The molecule has 9 heteroatoms. The van der Waals surface area contributed by atoms with Gasteiger partial charge in [0, 0.05) is 25.2 Å². The van der Waals surface area contributed by atoms with Gasteiger partial charge in [0.25, 0.3) is 5.56 Å². The molecule has 1 N–H and O–H groups in total. The van der Waals surface area contributed by atoms with Crippen LogP contribution in [0.25, 0.3) is 22.4 Å². The van der Waals surface area contributed by atoms with Crippen LogP contribution >= 0.6 is 0 Å². The number of carbonyl (C=O) groups excluding carboxylic acids is 1. The summed E-state index contributed by atoms with van der Waals surface area (Å²) in [6, 6.07) is 5.27. The van der Waals surface area contributed by atoms with E-state index in [1.807, 2.05) is 13.8 Å². The molecule has 3 heterocycles. The molecule has 1 fully saturated rings. The number of ether oxygens (including phenoxy) is 2. The highest BCUT2D eigenvalue weighted by Gasteiger charge is 2.19. The van der Waals surface area contributed by atoms with E-state index in [0.29, 0.717) is 66.6 Å². The predicted octanol–water partition coefficient (Wildman–Crippen LogP) is 2.11. The second-order valence-electron chi connectivity index (χ2n) is 7.48. The molecule has 3 aromatic rings. The third-order valence-electron chi connectivity index (χ3n) is 5.27. The maximum atomic E-state index is 12.9. The van der Waals surface area contributed by atoms with Gasteiger partial charge in [0.05, 0.1) is 38.1 Å². The number of nitrogens with one attached hydrogen (secondary N) is 1.